The molecule has 0 saturated carbocycles. The Morgan fingerprint density at radius 3 is 2.27 bits per heavy atom. The first-order chi connectivity index (χ1) is 6.89. The van der Waals surface area contributed by atoms with E-state index in [1.165, 1.54) is 0 Å². The van der Waals surface area contributed by atoms with Crippen molar-refractivity contribution >= 4 is 9.84 Å². The predicted molar refractivity (Wildman–Crippen MR) is 62.3 cm³/mol. The molecular formula is C11H17NO2S. The summed E-state index contributed by atoms with van der Waals surface area (Å²) in [6.07, 6.45) is 0. The van der Waals surface area contributed by atoms with Crippen LogP contribution in [0, 0.1) is 6.92 Å². The van der Waals surface area contributed by atoms with E-state index in [0.29, 0.717) is 0 Å². The minimum Gasteiger partial charge on any atom is -0.327 e. The summed E-state index contributed by atoms with van der Waals surface area (Å²) >= 11 is 0. The Hall–Kier alpha value is -0.870. The summed E-state index contributed by atoms with van der Waals surface area (Å²) in [5, 5.41) is 0. The SMILES string of the molecule is Cc1ccc(CS(=O)(=O)CC(C)N)cc1. The van der Waals surface area contributed by atoms with Crippen molar-refractivity contribution in [2.75, 3.05) is 5.75 Å². The molecule has 15 heavy (non-hydrogen) atoms. The van der Waals surface area contributed by atoms with Gasteiger partial charge in [0.15, 0.2) is 9.84 Å². The quantitative estimate of drug-likeness (QED) is 0.842. The molecule has 1 aromatic rings. The van der Waals surface area contributed by atoms with E-state index in [1.807, 2.05) is 31.2 Å². The molecule has 84 valence electrons. The Labute approximate surface area is 91.2 Å². The van der Waals surface area contributed by atoms with Gasteiger partial charge >= 0.3 is 0 Å². The molecule has 1 aromatic carbocycles. The first kappa shape index (κ1) is 12.2. The molecule has 3 nitrogen and oxygen atoms in total. The summed E-state index contributed by atoms with van der Waals surface area (Å²) < 4.78 is 23.2. The van der Waals surface area contributed by atoms with Crippen molar-refractivity contribution in [3.05, 3.63) is 35.4 Å². The second-order valence-corrected chi connectivity index (χ2v) is 6.13. The lowest BCUT2D eigenvalue weighted by atomic mass is 10.2. The molecule has 0 aliphatic rings. The number of aryl methyl sites for hydroxylation is 1. The zero-order valence-corrected chi connectivity index (χ0v) is 9.92. The fourth-order valence-corrected chi connectivity index (χ4v) is 3.02. The average molecular weight is 227 g/mol. The Bertz CT molecular complexity index is 407. The van der Waals surface area contributed by atoms with Gasteiger partial charge in [0, 0.05) is 6.04 Å². The summed E-state index contributed by atoms with van der Waals surface area (Å²) in [6, 6.07) is 7.20. The normalized spacial score (nSPS) is 13.8. The largest absolute Gasteiger partial charge is 0.327 e. The van der Waals surface area contributed by atoms with Crippen molar-refractivity contribution in [2.45, 2.75) is 25.6 Å². The summed E-state index contributed by atoms with van der Waals surface area (Å²) in [4.78, 5) is 0. The van der Waals surface area contributed by atoms with Crippen LogP contribution in [0.15, 0.2) is 24.3 Å². The van der Waals surface area contributed by atoms with Gasteiger partial charge in [0.05, 0.1) is 11.5 Å². The van der Waals surface area contributed by atoms with Gasteiger partial charge in [-0.1, -0.05) is 29.8 Å². The van der Waals surface area contributed by atoms with Crippen LogP contribution in [0.3, 0.4) is 0 Å². The highest BCUT2D eigenvalue weighted by Crippen LogP contribution is 2.08. The first-order valence-electron chi connectivity index (χ1n) is 4.90. The molecular weight excluding hydrogens is 210 g/mol. The van der Waals surface area contributed by atoms with Gasteiger partial charge in [-0.3, -0.25) is 0 Å². The van der Waals surface area contributed by atoms with E-state index in [1.54, 1.807) is 6.92 Å². The second-order valence-electron chi connectivity index (χ2n) is 4.02. The molecule has 0 aliphatic heterocycles. The van der Waals surface area contributed by atoms with Crippen molar-refractivity contribution in [3.8, 4) is 0 Å². The molecule has 0 aromatic heterocycles. The zero-order chi connectivity index (χ0) is 11.5. The molecule has 1 rings (SSSR count). The van der Waals surface area contributed by atoms with Crippen LogP contribution >= 0.6 is 0 Å². The van der Waals surface area contributed by atoms with Crippen LogP contribution in [0.1, 0.15) is 18.1 Å². The van der Waals surface area contributed by atoms with Crippen LogP contribution in [-0.2, 0) is 15.6 Å². The van der Waals surface area contributed by atoms with Gasteiger partial charge in [-0.2, -0.15) is 0 Å². The van der Waals surface area contributed by atoms with E-state index in [0.717, 1.165) is 11.1 Å². The third kappa shape index (κ3) is 4.44. The highest BCUT2D eigenvalue weighted by molar-refractivity contribution is 7.90. The molecule has 1 unspecified atom stereocenters. The van der Waals surface area contributed by atoms with E-state index in [9.17, 15) is 8.42 Å². The highest BCUT2D eigenvalue weighted by atomic mass is 32.2. The number of nitrogens with two attached hydrogens (primary N) is 1. The maximum Gasteiger partial charge on any atom is 0.155 e. The first-order valence-corrected chi connectivity index (χ1v) is 6.73. The van der Waals surface area contributed by atoms with Gasteiger partial charge in [-0.25, -0.2) is 8.42 Å². The van der Waals surface area contributed by atoms with Gasteiger partial charge in [0.25, 0.3) is 0 Å². The van der Waals surface area contributed by atoms with Gasteiger partial charge in [0.2, 0.25) is 0 Å². The number of hydrogen-bond donors (Lipinski definition) is 1. The van der Waals surface area contributed by atoms with Gasteiger partial charge in [0.1, 0.15) is 0 Å². The van der Waals surface area contributed by atoms with E-state index in [-0.39, 0.29) is 17.5 Å². The Kier molecular flexibility index (Phi) is 3.88. The van der Waals surface area contributed by atoms with Crippen LogP contribution in [-0.4, -0.2) is 20.2 Å². The fourth-order valence-electron chi connectivity index (χ4n) is 1.40. The molecule has 0 heterocycles. The third-order valence-electron chi connectivity index (χ3n) is 2.02. The van der Waals surface area contributed by atoms with Crippen molar-refractivity contribution in [1.82, 2.24) is 0 Å². The summed E-state index contributed by atoms with van der Waals surface area (Å²) in [5.74, 6) is 0.121. The summed E-state index contributed by atoms with van der Waals surface area (Å²) in [5.41, 5.74) is 7.43. The molecule has 0 saturated heterocycles. The maximum atomic E-state index is 11.6. The Morgan fingerprint density at radius 2 is 1.80 bits per heavy atom. The molecule has 0 bridgehead atoms. The lowest BCUT2D eigenvalue weighted by molar-refractivity contribution is 0.589. The Balaban J connectivity index is 2.73. The highest BCUT2D eigenvalue weighted by Gasteiger charge is 2.13. The monoisotopic (exact) mass is 227 g/mol. The van der Waals surface area contributed by atoms with E-state index in [4.69, 9.17) is 5.73 Å². The maximum absolute atomic E-state index is 11.6. The van der Waals surface area contributed by atoms with Crippen molar-refractivity contribution in [3.63, 3.8) is 0 Å². The summed E-state index contributed by atoms with van der Waals surface area (Å²) in [6.45, 7) is 3.67. The minimum absolute atomic E-state index is 0.0425. The van der Waals surface area contributed by atoms with Crippen LogP contribution < -0.4 is 5.73 Å². The molecule has 4 heteroatoms. The number of rotatable bonds is 4. The summed E-state index contributed by atoms with van der Waals surface area (Å²) in [7, 11) is -3.07. The molecule has 0 spiro atoms. The molecule has 2 N–H and O–H groups in total. The standard InChI is InChI=1S/C11H17NO2S/c1-9-3-5-11(6-4-9)8-15(13,14)7-10(2)12/h3-6,10H,7-8,12H2,1-2H3. The van der Waals surface area contributed by atoms with E-state index in [2.05, 4.69) is 0 Å². The number of hydrogen-bond acceptors (Lipinski definition) is 3. The third-order valence-corrected chi connectivity index (χ3v) is 3.83. The molecule has 0 aliphatic carbocycles. The molecule has 0 radical (unpaired) electrons. The minimum atomic E-state index is -3.07. The van der Waals surface area contributed by atoms with Crippen LogP contribution in [0.2, 0.25) is 0 Å². The zero-order valence-electron chi connectivity index (χ0n) is 9.10. The second kappa shape index (κ2) is 4.77. The fraction of sp³-hybridized carbons (Fsp3) is 0.455. The smallest absolute Gasteiger partial charge is 0.155 e. The van der Waals surface area contributed by atoms with Crippen molar-refractivity contribution in [1.29, 1.82) is 0 Å². The van der Waals surface area contributed by atoms with Crippen LogP contribution in [0.25, 0.3) is 0 Å². The van der Waals surface area contributed by atoms with Gasteiger partial charge in [-0.05, 0) is 19.4 Å². The van der Waals surface area contributed by atoms with Gasteiger partial charge in [-0.15, -0.1) is 0 Å². The predicted octanol–water partition coefficient (Wildman–Crippen LogP) is 1.26. The van der Waals surface area contributed by atoms with E-state index >= 15 is 0 Å². The van der Waals surface area contributed by atoms with Crippen molar-refractivity contribution < 1.29 is 8.42 Å². The topological polar surface area (TPSA) is 60.2 Å². The lowest BCUT2D eigenvalue weighted by Crippen LogP contribution is -2.26. The van der Waals surface area contributed by atoms with E-state index < -0.39 is 9.84 Å². The van der Waals surface area contributed by atoms with Crippen LogP contribution in [0.5, 0.6) is 0 Å². The number of benzene rings is 1. The number of sulfone groups is 1. The average Bonchev–Trinajstić information content (AvgIpc) is 2.06. The lowest BCUT2D eigenvalue weighted by Gasteiger charge is -2.07. The molecule has 0 fully saturated rings. The Morgan fingerprint density at radius 1 is 1.27 bits per heavy atom. The molecule has 1 atom stereocenters. The van der Waals surface area contributed by atoms with Gasteiger partial charge < -0.3 is 5.73 Å². The molecule has 0 amide bonds. The van der Waals surface area contributed by atoms with Crippen LogP contribution in [0.4, 0.5) is 0 Å². The van der Waals surface area contributed by atoms with Crippen molar-refractivity contribution in [2.24, 2.45) is 5.73 Å².